The summed E-state index contributed by atoms with van der Waals surface area (Å²) in [6, 6.07) is 0. The third-order valence-electron chi connectivity index (χ3n) is 6.80. The summed E-state index contributed by atoms with van der Waals surface area (Å²) in [6.45, 7) is 11.3. The van der Waals surface area contributed by atoms with Crippen LogP contribution in [0.5, 0.6) is 0 Å². The average molecular weight is 409 g/mol. The molecule has 0 aromatic rings. The van der Waals surface area contributed by atoms with E-state index in [1.807, 2.05) is 13.0 Å². The molecule has 164 valence electrons. The lowest BCUT2D eigenvalue weighted by molar-refractivity contribution is -0.227. The van der Waals surface area contributed by atoms with Gasteiger partial charge in [-0.15, -0.1) is 13.2 Å². The van der Waals surface area contributed by atoms with Gasteiger partial charge in [-0.05, 0) is 38.0 Å². The fourth-order valence-corrected chi connectivity index (χ4v) is 5.97. The second kappa shape index (κ2) is 9.73. The van der Waals surface area contributed by atoms with Crippen LogP contribution >= 0.6 is 0 Å². The maximum atomic E-state index is 12.5. The molecule has 0 aromatic heterocycles. The quantitative estimate of drug-likeness (QED) is 0.236. The lowest BCUT2D eigenvalue weighted by Crippen LogP contribution is -2.51. The van der Waals surface area contributed by atoms with E-state index in [0.717, 1.165) is 44.1 Å². The van der Waals surface area contributed by atoms with Crippen molar-refractivity contribution in [1.29, 1.82) is 0 Å². The van der Waals surface area contributed by atoms with Gasteiger partial charge in [-0.1, -0.05) is 18.1 Å². The molecule has 1 spiro atoms. The monoisotopic (exact) mass is 408 g/mol. The van der Waals surface area contributed by atoms with Crippen LogP contribution in [0.15, 0.2) is 24.8 Å². The zero-order valence-electron chi connectivity index (χ0n) is 18.0. The minimum Gasteiger partial charge on any atom is -0.460 e. The first-order valence-electron chi connectivity index (χ1n) is 10.8. The van der Waals surface area contributed by atoms with Gasteiger partial charge < -0.3 is 23.7 Å². The Bertz CT molecular complexity index is 596. The van der Waals surface area contributed by atoms with Crippen LogP contribution in [0.3, 0.4) is 0 Å². The molecule has 3 rings (SSSR count). The molecule has 0 bridgehead atoms. The number of methoxy groups -OCH3 is 1. The molecule has 1 saturated heterocycles. The molecule has 1 aliphatic heterocycles. The zero-order valence-corrected chi connectivity index (χ0v) is 18.0. The number of hydrogen-bond acceptors (Lipinski definition) is 6. The molecular weight excluding hydrogens is 372 g/mol. The van der Waals surface area contributed by atoms with Crippen LogP contribution < -0.4 is 0 Å². The van der Waals surface area contributed by atoms with Crippen molar-refractivity contribution in [2.24, 2.45) is 17.3 Å². The molecule has 29 heavy (non-hydrogen) atoms. The highest BCUT2D eigenvalue weighted by Gasteiger charge is 2.64. The minimum atomic E-state index is -0.555. The number of rotatable bonds is 10. The molecule has 4 atom stereocenters. The molecule has 2 saturated carbocycles. The van der Waals surface area contributed by atoms with Gasteiger partial charge in [0.25, 0.3) is 0 Å². The largest absolute Gasteiger partial charge is 0.460 e. The Kier molecular flexibility index (Phi) is 7.54. The summed E-state index contributed by atoms with van der Waals surface area (Å²) in [7, 11) is 1.53. The Morgan fingerprint density at radius 2 is 2.03 bits per heavy atom. The van der Waals surface area contributed by atoms with E-state index in [2.05, 4.69) is 13.2 Å². The molecule has 2 aliphatic carbocycles. The minimum absolute atomic E-state index is 0.0690. The van der Waals surface area contributed by atoms with E-state index in [-0.39, 0.29) is 42.7 Å². The van der Waals surface area contributed by atoms with Gasteiger partial charge in [0.1, 0.15) is 19.5 Å². The molecule has 6 heteroatoms. The number of hydrogen-bond donors (Lipinski definition) is 0. The smallest absolute Gasteiger partial charge is 0.332 e. The fourth-order valence-electron chi connectivity index (χ4n) is 5.97. The van der Waals surface area contributed by atoms with Crippen LogP contribution in [0.4, 0.5) is 0 Å². The fraction of sp³-hybridized carbons (Fsp3) is 0.783. The zero-order chi connectivity index (χ0) is 20.9. The molecule has 0 amide bonds. The van der Waals surface area contributed by atoms with Crippen molar-refractivity contribution >= 4 is 5.97 Å². The number of esters is 1. The van der Waals surface area contributed by atoms with Gasteiger partial charge in [-0.25, -0.2) is 4.79 Å². The van der Waals surface area contributed by atoms with Gasteiger partial charge >= 0.3 is 5.97 Å². The molecule has 6 nitrogen and oxygen atoms in total. The van der Waals surface area contributed by atoms with Crippen LogP contribution in [0.25, 0.3) is 0 Å². The molecule has 0 unspecified atom stereocenters. The van der Waals surface area contributed by atoms with Gasteiger partial charge in [0, 0.05) is 31.8 Å². The van der Waals surface area contributed by atoms with Gasteiger partial charge in [0.15, 0.2) is 5.79 Å². The van der Waals surface area contributed by atoms with Gasteiger partial charge in [0.2, 0.25) is 0 Å². The summed E-state index contributed by atoms with van der Waals surface area (Å²) in [6.07, 6.45) is 8.53. The Balaban J connectivity index is 1.85. The lowest BCUT2D eigenvalue weighted by Gasteiger charge is -2.50. The Labute approximate surface area is 174 Å². The van der Waals surface area contributed by atoms with E-state index >= 15 is 0 Å². The maximum Gasteiger partial charge on any atom is 0.332 e. The van der Waals surface area contributed by atoms with E-state index in [0.29, 0.717) is 19.6 Å². The number of ether oxygens (including phenoxy) is 5. The van der Waals surface area contributed by atoms with Crippen LogP contribution in [0.2, 0.25) is 0 Å². The van der Waals surface area contributed by atoms with Crippen LogP contribution in [0.1, 0.15) is 51.9 Å². The summed E-state index contributed by atoms with van der Waals surface area (Å²) >= 11 is 0. The van der Waals surface area contributed by atoms with Crippen LogP contribution in [0, 0.1) is 17.3 Å². The third-order valence-corrected chi connectivity index (χ3v) is 6.80. The standard InChI is InChI=1S/C23H36O6/c1-5-8-22-9-6-7-18(21(22)23(11-10-22)27-12-13-28-23)19(14-17(2)3)29-20(24)15-26-16-25-4/h5,18-19,21H,1-2,6-16H2,3-4H3/t18-,19-,21+,22+/m0/s1. The van der Waals surface area contributed by atoms with E-state index in [4.69, 9.17) is 23.7 Å². The predicted molar refractivity (Wildman–Crippen MR) is 109 cm³/mol. The van der Waals surface area contributed by atoms with E-state index in [1.165, 1.54) is 7.11 Å². The third kappa shape index (κ3) is 4.76. The van der Waals surface area contributed by atoms with Crippen LogP contribution in [-0.2, 0) is 28.5 Å². The number of fused-ring (bicyclic) bond motifs is 2. The van der Waals surface area contributed by atoms with Crippen molar-refractivity contribution in [2.75, 3.05) is 33.7 Å². The molecule has 0 N–H and O–H groups in total. The summed E-state index contributed by atoms with van der Waals surface area (Å²) in [4.78, 5) is 12.5. The van der Waals surface area contributed by atoms with Gasteiger partial charge in [0.05, 0.1) is 13.2 Å². The maximum absolute atomic E-state index is 12.5. The second-order valence-corrected chi connectivity index (χ2v) is 8.84. The predicted octanol–water partition coefficient (Wildman–Crippen LogP) is 4.00. The highest BCUT2D eigenvalue weighted by molar-refractivity contribution is 5.71. The Morgan fingerprint density at radius 1 is 1.28 bits per heavy atom. The second-order valence-electron chi connectivity index (χ2n) is 8.84. The lowest BCUT2D eigenvalue weighted by atomic mass is 9.59. The molecule has 0 radical (unpaired) electrons. The molecule has 3 fully saturated rings. The highest BCUT2D eigenvalue weighted by atomic mass is 16.7. The first-order valence-corrected chi connectivity index (χ1v) is 10.8. The summed E-state index contributed by atoms with van der Waals surface area (Å²) in [5.41, 5.74) is 1.10. The van der Waals surface area contributed by atoms with Gasteiger partial charge in [-0.3, -0.25) is 0 Å². The number of allylic oxidation sites excluding steroid dienone is 1. The van der Waals surface area contributed by atoms with Crippen molar-refractivity contribution in [3.05, 3.63) is 24.8 Å². The SMILES string of the molecule is C=CC[C@]12CCC[C@@H]([C@H](CC(=C)C)OC(=O)COCOC)[C@H]1C1(CC2)OCCO1. The van der Waals surface area contributed by atoms with Crippen molar-refractivity contribution < 1.29 is 28.5 Å². The molecular formula is C23H36O6. The van der Waals surface area contributed by atoms with E-state index in [9.17, 15) is 4.79 Å². The number of carbonyl (C=O) groups excluding carboxylic acids is 1. The summed E-state index contributed by atoms with van der Waals surface area (Å²) in [5, 5.41) is 0. The summed E-state index contributed by atoms with van der Waals surface area (Å²) < 4.78 is 28.5. The first-order chi connectivity index (χ1) is 14.0. The molecule has 3 aliphatic rings. The first kappa shape index (κ1) is 22.5. The van der Waals surface area contributed by atoms with Crippen molar-refractivity contribution in [2.45, 2.75) is 63.8 Å². The summed E-state index contributed by atoms with van der Waals surface area (Å²) in [5.74, 6) is -0.581. The van der Waals surface area contributed by atoms with Gasteiger partial charge in [-0.2, -0.15) is 0 Å². The number of carbonyl (C=O) groups is 1. The van der Waals surface area contributed by atoms with Crippen molar-refractivity contribution in [1.82, 2.24) is 0 Å². The van der Waals surface area contributed by atoms with E-state index < -0.39 is 5.79 Å². The van der Waals surface area contributed by atoms with Crippen LogP contribution in [-0.4, -0.2) is 51.6 Å². The molecule has 1 heterocycles. The Hall–Kier alpha value is -1.21. The van der Waals surface area contributed by atoms with E-state index in [1.54, 1.807) is 0 Å². The normalized spacial score (nSPS) is 31.4. The van der Waals surface area contributed by atoms with Crippen molar-refractivity contribution in [3.8, 4) is 0 Å². The van der Waals surface area contributed by atoms with Crippen molar-refractivity contribution in [3.63, 3.8) is 0 Å². The average Bonchev–Trinajstić information content (AvgIpc) is 3.28. The molecule has 0 aromatic carbocycles. The topological polar surface area (TPSA) is 63.2 Å². The highest BCUT2D eigenvalue weighted by Crippen LogP contribution is 2.64. The Morgan fingerprint density at radius 3 is 2.69 bits per heavy atom.